The van der Waals surface area contributed by atoms with E-state index >= 15 is 0 Å². The Labute approximate surface area is 147 Å². The first-order chi connectivity index (χ1) is 12.4. The fraction of sp³-hybridized carbons (Fsp3) is 0.0526. The van der Waals surface area contributed by atoms with E-state index < -0.39 is 11.7 Å². The highest BCUT2D eigenvalue weighted by atomic mass is 19.4. The maximum absolute atomic E-state index is 12.8. The summed E-state index contributed by atoms with van der Waals surface area (Å²) >= 11 is 0. The van der Waals surface area contributed by atoms with Crippen LogP contribution < -0.4 is 10.1 Å². The first-order valence-electron chi connectivity index (χ1n) is 7.58. The summed E-state index contributed by atoms with van der Waals surface area (Å²) in [5.74, 6) is -0.0797. The molecule has 1 amide bonds. The predicted octanol–water partition coefficient (Wildman–Crippen LogP) is 5.15. The van der Waals surface area contributed by atoms with Gasteiger partial charge in [0.15, 0.2) is 0 Å². The minimum absolute atomic E-state index is 0.0338. The number of halogens is 3. The van der Waals surface area contributed by atoms with Crippen LogP contribution in [0, 0.1) is 0 Å². The van der Waals surface area contributed by atoms with Gasteiger partial charge in [-0.3, -0.25) is 9.78 Å². The van der Waals surface area contributed by atoms with Gasteiger partial charge in [-0.25, -0.2) is 0 Å². The molecule has 0 radical (unpaired) electrons. The van der Waals surface area contributed by atoms with Gasteiger partial charge in [0.1, 0.15) is 11.5 Å². The number of anilines is 1. The maximum atomic E-state index is 12.8. The summed E-state index contributed by atoms with van der Waals surface area (Å²) in [5.41, 5.74) is 0.0853. The molecule has 1 N–H and O–H groups in total. The SMILES string of the molecule is O=C(Nc1ccncc1)c1cccc(Oc2cccc(C(F)(F)F)c2)c1. The molecule has 0 bridgehead atoms. The molecule has 0 atom stereocenters. The van der Waals surface area contributed by atoms with E-state index in [2.05, 4.69) is 10.3 Å². The van der Waals surface area contributed by atoms with Crippen LogP contribution >= 0.6 is 0 Å². The highest BCUT2D eigenvalue weighted by molar-refractivity contribution is 6.04. The Kier molecular flexibility index (Phi) is 4.88. The van der Waals surface area contributed by atoms with Crippen LogP contribution in [0.2, 0.25) is 0 Å². The van der Waals surface area contributed by atoms with E-state index in [4.69, 9.17) is 4.74 Å². The number of nitrogens with one attached hydrogen (secondary N) is 1. The zero-order chi connectivity index (χ0) is 18.6. The summed E-state index contributed by atoms with van der Waals surface area (Å²) in [5, 5.41) is 2.70. The smallest absolute Gasteiger partial charge is 0.416 e. The Bertz CT molecular complexity index is 912. The number of carbonyl (C=O) groups is 1. The molecule has 3 aromatic rings. The number of ether oxygens (including phenoxy) is 1. The number of nitrogens with zero attached hydrogens (tertiary/aromatic N) is 1. The fourth-order valence-corrected chi connectivity index (χ4v) is 2.21. The molecule has 7 heteroatoms. The van der Waals surface area contributed by atoms with Crippen molar-refractivity contribution in [1.82, 2.24) is 4.98 Å². The average Bonchev–Trinajstić information content (AvgIpc) is 2.62. The minimum Gasteiger partial charge on any atom is -0.457 e. The Morgan fingerprint density at radius 2 is 1.58 bits per heavy atom. The first kappa shape index (κ1) is 17.5. The lowest BCUT2D eigenvalue weighted by molar-refractivity contribution is -0.137. The average molecular weight is 358 g/mol. The van der Waals surface area contributed by atoms with Gasteiger partial charge in [-0.2, -0.15) is 13.2 Å². The van der Waals surface area contributed by atoms with Gasteiger partial charge in [0.05, 0.1) is 5.56 Å². The van der Waals surface area contributed by atoms with Crippen LogP contribution in [0.1, 0.15) is 15.9 Å². The van der Waals surface area contributed by atoms with Crippen LogP contribution in [0.4, 0.5) is 18.9 Å². The largest absolute Gasteiger partial charge is 0.457 e. The topological polar surface area (TPSA) is 51.2 Å². The van der Waals surface area contributed by atoms with Gasteiger partial charge in [0, 0.05) is 23.6 Å². The van der Waals surface area contributed by atoms with Crippen molar-refractivity contribution in [2.75, 3.05) is 5.32 Å². The highest BCUT2D eigenvalue weighted by Gasteiger charge is 2.30. The van der Waals surface area contributed by atoms with E-state index in [-0.39, 0.29) is 17.4 Å². The third-order valence-electron chi connectivity index (χ3n) is 3.43. The molecule has 0 fully saturated rings. The van der Waals surface area contributed by atoms with Crippen molar-refractivity contribution in [2.45, 2.75) is 6.18 Å². The number of aromatic nitrogens is 1. The molecule has 0 spiro atoms. The summed E-state index contributed by atoms with van der Waals surface area (Å²) in [6.45, 7) is 0. The summed E-state index contributed by atoms with van der Waals surface area (Å²) < 4.78 is 43.8. The van der Waals surface area contributed by atoms with Crippen molar-refractivity contribution in [3.8, 4) is 11.5 Å². The van der Waals surface area contributed by atoms with E-state index in [0.29, 0.717) is 11.3 Å². The first-order valence-corrected chi connectivity index (χ1v) is 7.58. The number of benzene rings is 2. The van der Waals surface area contributed by atoms with Crippen molar-refractivity contribution in [2.24, 2.45) is 0 Å². The Hall–Kier alpha value is -3.35. The van der Waals surface area contributed by atoms with Crippen LogP contribution in [0.3, 0.4) is 0 Å². The Morgan fingerprint density at radius 1 is 0.923 bits per heavy atom. The second-order valence-electron chi connectivity index (χ2n) is 5.35. The van der Waals surface area contributed by atoms with E-state index in [9.17, 15) is 18.0 Å². The van der Waals surface area contributed by atoms with Gasteiger partial charge in [-0.1, -0.05) is 12.1 Å². The third-order valence-corrected chi connectivity index (χ3v) is 3.43. The maximum Gasteiger partial charge on any atom is 0.416 e. The number of hydrogen-bond donors (Lipinski definition) is 1. The van der Waals surface area contributed by atoms with Crippen molar-refractivity contribution in [3.05, 3.63) is 84.2 Å². The molecule has 26 heavy (non-hydrogen) atoms. The van der Waals surface area contributed by atoms with Crippen molar-refractivity contribution >= 4 is 11.6 Å². The molecule has 0 saturated heterocycles. The van der Waals surface area contributed by atoms with Gasteiger partial charge in [-0.15, -0.1) is 0 Å². The lowest BCUT2D eigenvalue weighted by Crippen LogP contribution is -2.11. The number of carbonyl (C=O) groups excluding carboxylic acids is 1. The Balaban J connectivity index is 1.76. The molecule has 0 aliphatic rings. The van der Waals surface area contributed by atoms with Gasteiger partial charge in [0.2, 0.25) is 0 Å². The van der Waals surface area contributed by atoms with Gasteiger partial charge >= 0.3 is 6.18 Å². The molecule has 1 heterocycles. The van der Waals surface area contributed by atoms with Crippen LogP contribution in [0.5, 0.6) is 11.5 Å². The second-order valence-corrected chi connectivity index (χ2v) is 5.35. The quantitative estimate of drug-likeness (QED) is 0.702. The summed E-state index contributed by atoms with van der Waals surface area (Å²) in [6.07, 6.45) is -1.36. The molecule has 1 aromatic heterocycles. The summed E-state index contributed by atoms with van der Waals surface area (Å²) in [7, 11) is 0. The monoisotopic (exact) mass is 358 g/mol. The molecule has 0 aliphatic carbocycles. The zero-order valence-electron chi connectivity index (χ0n) is 13.3. The van der Waals surface area contributed by atoms with Gasteiger partial charge in [0.25, 0.3) is 5.91 Å². The van der Waals surface area contributed by atoms with Crippen LogP contribution in [-0.4, -0.2) is 10.9 Å². The molecule has 0 saturated carbocycles. The van der Waals surface area contributed by atoms with E-state index in [1.165, 1.54) is 18.2 Å². The van der Waals surface area contributed by atoms with Crippen molar-refractivity contribution in [3.63, 3.8) is 0 Å². The van der Waals surface area contributed by atoms with E-state index in [1.54, 1.807) is 42.7 Å². The number of rotatable bonds is 4. The van der Waals surface area contributed by atoms with Crippen LogP contribution in [-0.2, 0) is 6.18 Å². The number of amides is 1. The predicted molar refractivity (Wildman–Crippen MR) is 90.2 cm³/mol. The van der Waals surface area contributed by atoms with E-state index in [1.807, 2.05) is 0 Å². The van der Waals surface area contributed by atoms with E-state index in [0.717, 1.165) is 12.1 Å². The molecular formula is C19H13F3N2O2. The standard InChI is InChI=1S/C19H13F3N2O2/c20-19(21,22)14-4-2-6-17(12-14)26-16-5-1-3-13(11-16)18(25)24-15-7-9-23-10-8-15/h1-12H,(H,23,24,25). The highest BCUT2D eigenvalue weighted by Crippen LogP contribution is 2.32. The third kappa shape index (κ3) is 4.38. The molecule has 0 unspecified atom stereocenters. The molecule has 132 valence electrons. The number of hydrogen-bond acceptors (Lipinski definition) is 3. The van der Waals surface area contributed by atoms with Crippen molar-refractivity contribution < 1.29 is 22.7 Å². The van der Waals surface area contributed by atoms with Crippen LogP contribution in [0.15, 0.2) is 73.1 Å². The molecule has 0 aliphatic heterocycles. The lowest BCUT2D eigenvalue weighted by Gasteiger charge is -2.11. The molecule has 4 nitrogen and oxygen atoms in total. The molecule has 3 rings (SSSR count). The molecule has 2 aromatic carbocycles. The summed E-state index contributed by atoms with van der Waals surface area (Å²) in [4.78, 5) is 16.1. The van der Waals surface area contributed by atoms with Gasteiger partial charge in [-0.05, 0) is 48.5 Å². The van der Waals surface area contributed by atoms with Crippen molar-refractivity contribution in [1.29, 1.82) is 0 Å². The molecular weight excluding hydrogens is 345 g/mol. The normalized spacial score (nSPS) is 11.0. The Morgan fingerprint density at radius 3 is 2.27 bits per heavy atom. The van der Waals surface area contributed by atoms with Crippen LogP contribution in [0.25, 0.3) is 0 Å². The zero-order valence-corrected chi connectivity index (χ0v) is 13.3. The number of pyridine rings is 1. The van der Waals surface area contributed by atoms with Gasteiger partial charge < -0.3 is 10.1 Å². The fourth-order valence-electron chi connectivity index (χ4n) is 2.21. The number of alkyl halides is 3. The summed E-state index contributed by atoms with van der Waals surface area (Å²) in [6, 6.07) is 14.0. The minimum atomic E-state index is -4.45. The lowest BCUT2D eigenvalue weighted by atomic mass is 10.2. The second kappa shape index (κ2) is 7.26.